The molecule has 6 nitrogen and oxygen atoms in total. The summed E-state index contributed by atoms with van der Waals surface area (Å²) >= 11 is 5.88. The lowest BCUT2D eigenvalue weighted by Gasteiger charge is -2.14. The van der Waals surface area contributed by atoms with E-state index in [1.165, 1.54) is 30.3 Å². The summed E-state index contributed by atoms with van der Waals surface area (Å²) in [5.41, 5.74) is 4.42. The Bertz CT molecular complexity index is 1190. The van der Waals surface area contributed by atoms with Gasteiger partial charge in [0.15, 0.2) is 11.5 Å². The smallest absolute Gasteiger partial charge is 0.282 e. The van der Waals surface area contributed by atoms with Crippen molar-refractivity contribution < 1.29 is 23.5 Å². The van der Waals surface area contributed by atoms with Crippen molar-refractivity contribution in [3.05, 3.63) is 94.3 Å². The maximum Gasteiger partial charge on any atom is 0.282 e. The van der Waals surface area contributed by atoms with Gasteiger partial charge in [-0.3, -0.25) is 15.0 Å². The second-order valence-electron chi connectivity index (χ2n) is 6.94. The number of carbonyl (C=O) groups is 2. The van der Waals surface area contributed by atoms with E-state index in [1.807, 2.05) is 0 Å². The van der Waals surface area contributed by atoms with Crippen LogP contribution in [0.25, 0.3) is 6.08 Å². The molecular formula is C24H18ClFN2O4. The van der Waals surface area contributed by atoms with Crippen LogP contribution in [0.2, 0.25) is 5.02 Å². The highest BCUT2D eigenvalue weighted by molar-refractivity contribution is 6.32. The van der Waals surface area contributed by atoms with Gasteiger partial charge in [0.05, 0.1) is 12.8 Å². The zero-order valence-electron chi connectivity index (χ0n) is 17.0. The number of nitrogens with zero attached hydrogens (tertiary/aromatic N) is 1. The van der Waals surface area contributed by atoms with Crippen LogP contribution >= 0.6 is 11.6 Å². The highest BCUT2D eigenvalue weighted by Crippen LogP contribution is 2.30. The van der Waals surface area contributed by atoms with E-state index in [0.29, 0.717) is 27.8 Å². The number of amides is 2. The average molecular weight is 453 g/mol. The van der Waals surface area contributed by atoms with Crippen molar-refractivity contribution >= 4 is 35.2 Å². The van der Waals surface area contributed by atoms with Gasteiger partial charge in [-0.05, 0) is 65.7 Å². The Labute approximate surface area is 188 Å². The second kappa shape index (κ2) is 9.11. The Hall–Kier alpha value is -3.84. The molecule has 1 heterocycles. The quantitative estimate of drug-likeness (QED) is 0.441. The highest BCUT2D eigenvalue weighted by Gasteiger charge is 2.34. The van der Waals surface area contributed by atoms with Crippen LogP contribution in [0.1, 0.15) is 11.1 Å². The second-order valence-corrected chi connectivity index (χ2v) is 7.38. The summed E-state index contributed by atoms with van der Waals surface area (Å²) in [5.74, 6) is -0.400. The maximum absolute atomic E-state index is 13.0. The van der Waals surface area contributed by atoms with Gasteiger partial charge >= 0.3 is 0 Å². The lowest BCUT2D eigenvalue weighted by molar-refractivity contribution is -0.117. The molecule has 162 valence electrons. The molecule has 1 saturated heterocycles. The maximum atomic E-state index is 13.0. The van der Waals surface area contributed by atoms with Gasteiger partial charge < -0.3 is 9.47 Å². The Balaban J connectivity index is 1.53. The molecule has 0 atom stereocenters. The van der Waals surface area contributed by atoms with Crippen LogP contribution in [-0.2, 0) is 16.2 Å². The number of ether oxygens (including phenoxy) is 2. The first-order valence-electron chi connectivity index (χ1n) is 9.62. The first-order valence-corrected chi connectivity index (χ1v) is 10.0. The minimum Gasteiger partial charge on any atom is -0.493 e. The minimum absolute atomic E-state index is 0.0121. The van der Waals surface area contributed by atoms with E-state index >= 15 is 0 Å². The molecule has 1 fully saturated rings. The van der Waals surface area contributed by atoms with Gasteiger partial charge in [-0.1, -0.05) is 29.8 Å². The summed E-state index contributed by atoms with van der Waals surface area (Å²) in [7, 11) is 1.49. The fourth-order valence-electron chi connectivity index (χ4n) is 3.13. The number of rotatable bonds is 6. The van der Waals surface area contributed by atoms with E-state index in [9.17, 15) is 14.0 Å². The molecular weight excluding hydrogens is 435 g/mol. The summed E-state index contributed by atoms with van der Waals surface area (Å²) in [4.78, 5) is 25.2. The normalized spacial score (nSPS) is 14.6. The van der Waals surface area contributed by atoms with Crippen LogP contribution < -0.4 is 19.9 Å². The van der Waals surface area contributed by atoms with E-state index in [2.05, 4.69) is 5.43 Å². The van der Waals surface area contributed by atoms with Gasteiger partial charge in [0, 0.05) is 5.02 Å². The molecule has 8 heteroatoms. The van der Waals surface area contributed by atoms with Crippen molar-refractivity contribution in [3.8, 4) is 11.5 Å². The fourth-order valence-corrected chi connectivity index (χ4v) is 3.26. The van der Waals surface area contributed by atoms with Crippen LogP contribution in [0.5, 0.6) is 11.5 Å². The Kier molecular flexibility index (Phi) is 6.09. The largest absolute Gasteiger partial charge is 0.493 e. The molecule has 0 spiro atoms. The Morgan fingerprint density at radius 3 is 2.41 bits per heavy atom. The van der Waals surface area contributed by atoms with Gasteiger partial charge in [-0.2, -0.15) is 0 Å². The van der Waals surface area contributed by atoms with E-state index < -0.39 is 11.8 Å². The van der Waals surface area contributed by atoms with Crippen molar-refractivity contribution in [1.82, 2.24) is 5.43 Å². The van der Waals surface area contributed by atoms with Crippen molar-refractivity contribution in [3.63, 3.8) is 0 Å². The average Bonchev–Trinajstić information content (AvgIpc) is 3.08. The van der Waals surface area contributed by atoms with Gasteiger partial charge in [-0.25, -0.2) is 9.40 Å². The molecule has 0 radical (unpaired) electrons. The monoisotopic (exact) mass is 452 g/mol. The van der Waals surface area contributed by atoms with Crippen molar-refractivity contribution in [2.45, 2.75) is 6.61 Å². The molecule has 3 aromatic carbocycles. The van der Waals surface area contributed by atoms with Crippen molar-refractivity contribution in [2.24, 2.45) is 0 Å². The highest BCUT2D eigenvalue weighted by atomic mass is 35.5. The van der Waals surface area contributed by atoms with Gasteiger partial charge in [0.25, 0.3) is 11.8 Å². The number of anilines is 1. The van der Waals surface area contributed by atoms with Crippen molar-refractivity contribution in [2.75, 3.05) is 12.1 Å². The van der Waals surface area contributed by atoms with E-state index in [0.717, 1.165) is 5.56 Å². The molecule has 0 bridgehead atoms. The first-order chi connectivity index (χ1) is 15.4. The fraction of sp³-hybridized carbons (Fsp3) is 0.0833. The third-order valence-corrected chi connectivity index (χ3v) is 5.03. The third kappa shape index (κ3) is 4.58. The standard InChI is InChI=1S/C24H18ClFN2O4/c1-31-22-13-16(4-11-21(22)32-14-15-2-7-18(26)8-3-15)12-20-23(29)27-28(24(20)30)19-9-5-17(25)6-10-19/h2-13H,14H2,1H3,(H,27,29)/b20-12-. The molecule has 1 aliphatic heterocycles. The summed E-state index contributed by atoms with van der Waals surface area (Å²) in [6.45, 7) is 0.230. The predicted octanol–water partition coefficient (Wildman–Crippen LogP) is 4.53. The Morgan fingerprint density at radius 2 is 1.72 bits per heavy atom. The topological polar surface area (TPSA) is 67.9 Å². The molecule has 1 N–H and O–H groups in total. The molecule has 2 amide bonds. The molecule has 4 rings (SSSR count). The number of hydrogen-bond donors (Lipinski definition) is 1. The number of benzene rings is 3. The summed E-state index contributed by atoms with van der Waals surface area (Å²) < 4.78 is 24.2. The van der Waals surface area contributed by atoms with Crippen LogP contribution in [-0.4, -0.2) is 18.9 Å². The first kappa shape index (κ1) is 21.4. The van der Waals surface area contributed by atoms with Crippen LogP contribution in [0.4, 0.5) is 10.1 Å². The third-order valence-electron chi connectivity index (χ3n) is 4.78. The lowest BCUT2D eigenvalue weighted by atomic mass is 10.1. The summed E-state index contributed by atoms with van der Waals surface area (Å²) in [6, 6.07) is 17.6. The zero-order valence-corrected chi connectivity index (χ0v) is 17.7. The zero-order chi connectivity index (χ0) is 22.7. The van der Waals surface area contributed by atoms with Crippen LogP contribution in [0.15, 0.2) is 72.3 Å². The van der Waals surface area contributed by atoms with Crippen molar-refractivity contribution in [1.29, 1.82) is 0 Å². The van der Waals surface area contributed by atoms with E-state index in [4.69, 9.17) is 21.1 Å². The van der Waals surface area contributed by atoms with Crippen LogP contribution in [0, 0.1) is 5.82 Å². The molecule has 0 aliphatic carbocycles. The lowest BCUT2D eigenvalue weighted by Crippen LogP contribution is -2.35. The number of hydrazine groups is 1. The van der Waals surface area contributed by atoms with Crippen LogP contribution in [0.3, 0.4) is 0 Å². The van der Waals surface area contributed by atoms with E-state index in [-0.39, 0.29) is 18.0 Å². The molecule has 3 aromatic rings. The molecule has 0 aromatic heterocycles. The molecule has 0 saturated carbocycles. The number of hydrogen-bond acceptors (Lipinski definition) is 4. The summed E-state index contributed by atoms with van der Waals surface area (Å²) in [6.07, 6.45) is 1.49. The van der Waals surface area contributed by atoms with Gasteiger partial charge in [-0.15, -0.1) is 0 Å². The Morgan fingerprint density at radius 1 is 1.00 bits per heavy atom. The minimum atomic E-state index is -0.513. The van der Waals surface area contributed by atoms with Gasteiger partial charge in [0.2, 0.25) is 0 Å². The molecule has 0 unspecified atom stereocenters. The molecule has 1 aliphatic rings. The number of halogens is 2. The van der Waals surface area contributed by atoms with Gasteiger partial charge in [0.1, 0.15) is 18.0 Å². The SMILES string of the molecule is COc1cc(/C=C2/C(=O)NN(c3ccc(Cl)cc3)C2=O)ccc1OCc1ccc(F)cc1. The predicted molar refractivity (Wildman–Crippen MR) is 119 cm³/mol. The number of carbonyl (C=O) groups excluding carboxylic acids is 2. The van der Waals surface area contributed by atoms with E-state index in [1.54, 1.807) is 54.6 Å². The number of nitrogens with one attached hydrogen (secondary N) is 1. The summed E-state index contributed by atoms with van der Waals surface area (Å²) in [5, 5.41) is 1.69. The molecule has 32 heavy (non-hydrogen) atoms. The number of methoxy groups -OCH3 is 1.